The van der Waals surface area contributed by atoms with E-state index in [4.69, 9.17) is 0 Å². The van der Waals surface area contributed by atoms with Crippen LogP contribution in [0.2, 0.25) is 0 Å². The Balaban J connectivity index is 2.21. The van der Waals surface area contributed by atoms with Crippen molar-refractivity contribution in [3.8, 4) is 23.0 Å². The smallest absolute Gasteiger partial charge is 0.140 e. The van der Waals surface area contributed by atoms with Crippen LogP contribution in [0.1, 0.15) is 25.5 Å². The molecule has 2 aromatic rings. The Labute approximate surface area is 133 Å². The number of aliphatic hydroxyl groups is 1. The summed E-state index contributed by atoms with van der Waals surface area (Å²) in [6.07, 6.45) is -0.767. The Morgan fingerprint density at radius 1 is 1.00 bits per heavy atom. The standard InChI is InChI=1S/C20H23NO/c1-16(2)21(3)15-9-14-20(22)19-13-8-7-12-18(19)17-10-5-4-6-11-17/h4-8,10-13,16,20,22H,15H2,1-3H3. The normalized spacial score (nSPS) is 12.1. The van der Waals surface area contributed by atoms with Crippen LogP contribution in [0, 0.1) is 11.8 Å². The minimum absolute atomic E-state index is 0.447. The number of aliphatic hydroxyl groups excluding tert-OH is 1. The average molecular weight is 293 g/mol. The van der Waals surface area contributed by atoms with Crippen molar-refractivity contribution in [2.75, 3.05) is 13.6 Å². The van der Waals surface area contributed by atoms with Crippen molar-refractivity contribution < 1.29 is 5.11 Å². The molecule has 0 aliphatic rings. The lowest BCUT2D eigenvalue weighted by atomic mass is 9.96. The topological polar surface area (TPSA) is 23.5 Å². The second-order valence-corrected chi connectivity index (χ2v) is 5.69. The molecule has 1 atom stereocenters. The first-order valence-electron chi connectivity index (χ1n) is 7.60. The highest BCUT2D eigenvalue weighted by atomic mass is 16.3. The maximum Gasteiger partial charge on any atom is 0.140 e. The van der Waals surface area contributed by atoms with Gasteiger partial charge in [0.25, 0.3) is 0 Å². The van der Waals surface area contributed by atoms with Gasteiger partial charge in [-0.15, -0.1) is 0 Å². The minimum atomic E-state index is -0.767. The molecule has 2 rings (SSSR count). The molecule has 2 heteroatoms. The zero-order valence-electron chi connectivity index (χ0n) is 13.5. The van der Waals surface area contributed by atoms with Gasteiger partial charge >= 0.3 is 0 Å². The quantitative estimate of drug-likeness (QED) is 0.868. The van der Waals surface area contributed by atoms with Gasteiger partial charge < -0.3 is 5.11 Å². The highest BCUT2D eigenvalue weighted by Crippen LogP contribution is 2.27. The van der Waals surface area contributed by atoms with Gasteiger partial charge in [-0.25, -0.2) is 0 Å². The van der Waals surface area contributed by atoms with E-state index in [1.54, 1.807) is 0 Å². The van der Waals surface area contributed by atoms with E-state index in [-0.39, 0.29) is 0 Å². The third-order valence-corrected chi connectivity index (χ3v) is 3.79. The molecule has 2 nitrogen and oxygen atoms in total. The highest BCUT2D eigenvalue weighted by molar-refractivity contribution is 5.68. The Bertz CT molecular complexity index is 652. The van der Waals surface area contributed by atoms with Crippen LogP contribution in [0.3, 0.4) is 0 Å². The highest BCUT2D eigenvalue weighted by Gasteiger charge is 2.10. The van der Waals surface area contributed by atoms with E-state index in [1.807, 2.05) is 61.6 Å². The summed E-state index contributed by atoms with van der Waals surface area (Å²) in [4.78, 5) is 2.14. The second kappa shape index (κ2) is 7.79. The van der Waals surface area contributed by atoms with Crippen LogP contribution in [0.4, 0.5) is 0 Å². The van der Waals surface area contributed by atoms with Gasteiger partial charge in [-0.2, -0.15) is 0 Å². The maximum absolute atomic E-state index is 10.4. The molecule has 0 aliphatic carbocycles. The minimum Gasteiger partial charge on any atom is -0.376 e. The fourth-order valence-corrected chi connectivity index (χ4v) is 2.14. The maximum atomic E-state index is 10.4. The summed E-state index contributed by atoms with van der Waals surface area (Å²) >= 11 is 0. The summed E-state index contributed by atoms with van der Waals surface area (Å²) in [6.45, 7) is 4.91. The number of nitrogens with zero attached hydrogens (tertiary/aromatic N) is 1. The Morgan fingerprint density at radius 3 is 2.32 bits per heavy atom. The molecule has 0 spiro atoms. The second-order valence-electron chi connectivity index (χ2n) is 5.69. The lowest BCUT2D eigenvalue weighted by molar-refractivity contribution is 0.238. The van der Waals surface area contributed by atoms with Crippen LogP contribution in [0.5, 0.6) is 0 Å². The third-order valence-electron chi connectivity index (χ3n) is 3.79. The lowest BCUT2D eigenvalue weighted by Gasteiger charge is -2.17. The molecule has 0 aliphatic heterocycles. The molecular weight excluding hydrogens is 270 g/mol. The van der Waals surface area contributed by atoms with Crippen molar-refractivity contribution in [1.29, 1.82) is 0 Å². The van der Waals surface area contributed by atoms with E-state index in [9.17, 15) is 5.11 Å². The first-order valence-corrected chi connectivity index (χ1v) is 7.60. The molecule has 0 radical (unpaired) electrons. The Kier molecular flexibility index (Phi) is 5.77. The van der Waals surface area contributed by atoms with Crippen LogP contribution in [-0.2, 0) is 0 Å². The zero-order chi connectivity index (χ0) is 15.9. The van der Waals surface area contributed by atoms with E-state index < -0.39 is 6.10 Å². The molecule has 0 fully saturated rings. The van der Waals surface area contributed by atoms with Gasteiger partial charge in [0.1, 0.15) is 6.10 Å². The summed E-state index contributed by atoms with van der Waals surface area (Å²) in [5, 5.41) is 10.4. The van der Waals surface area contributed by atoms with Crippen molar-refractivity contribution in [2.45, 2.75) is 26.0 Å². The van der Waals surface area contributed by atoms with Gasteiger partial charge in [0, 0.05) is 11.6 Å². The lowest BCUT2D eigenvalue weighted by Crippen LogP contribution is -2.26. The fraction of sp³-hybridized carbons (Fsp3) is 0.300. The molecule has 0 saturated carbocycles. The van der Waals surface area contributed by atoms with Crippen molar-refractivity contribution in [3.05, 3.63) is 60.2 Å². The third kappa shape index (κ3) is 4.21. The van der Waals surface area contributed by atoms with Gasteiger partial charge in [-0.1, -0.05) is 66.4 Å². The predicted molar refractivity (Wildman–Crippen MR) is 92.4 cm³/mol. The van der Waals surface area contributed by atoms with Crippen LogP contribution >= 0.6 is 0 Å². The Hall–Kier alpha value is -2.08. The van der Waals surface area contributed by atoms with Crippen LogP contribution in [0.25, 0.3) is 11.1 Å². The Morgan fingerprint density at radius 2 is 1.64 bits per heavy atom. The van der Waals surface area contributed by atoms with Gasteiger partial charge in [0.2, 0.25) is 0 Å². The van der Waals surface area contributed by atoms with Gasteiger partial charge in [0.15, 0.2) is 0 Å². The molecule has 114 valence electrons. The van der Waals surface area contributed by atoms with E-state index in [2.05, 4.69) is 30.6 Å². The van der Waals surface area contributed by atoms with Crippen molar-refractivity contribution >= 4 is 0 Å². The summed E-state index contributed by atoms with van der Waals surface area (Å²) < 4.78 is 0. The van der Waals surface area contributed by atoms with Crippen LogP contribution in [-0.4, -0.2) is 29.6 Å². The molecule has 0 aromatic heterocycles. The molecule has 0 saturated heterocycles. The SMILES string of the molecule is CC(C)N(C)CC#CC(O)c1ccccc1-c1ccccc1. The molecule has 2 aromatic carbocycles. The molecule has 0 heterocycles. The van der Waals surface area contributed by atoms with Crippen LogP contribution < -0.4 is 0 Å². The molecule has 22 heavy (non-hydrogen) atoms. The molecule has 1 unspecified atom stereocenters. The largest absolute Gasteiger partial charge is 0.376 e. The number of benzene rings is 2. The first kappa shape index (κ1) is 16.3. The van der Waals surface area contributed by atoms with E-state index in [0.717, 1.165) is 16.7 Å². The van der Waals surface area contributed by atoms with E-state index in [1.165, 1.54) is 0 Å². The first-order chi connectivity index (χ1) is 10.6. The summed E-state index contributed by atoms with van der Waals surface area (Å²) in [5.41, 5.74) is 2.98. The van der Waals surface area contributed by atoms with Gasteiger partial charge in [-0.05, 0) is 32.0 Å². The summed E-state index contributed by atoms with van der Waals surface area (Å²) in [6, 6.07) is 18.4. The fourth-order valence-electron chi connectivity index (χ4n) is 2.14. The van der Waals surface area contributed by atoms with E-state index >= 15 is 0 Å². The van der Waals surface area contributed by atoms with Gasteiger partial charge in [-0.3, -0.25) is 4.90 Å². The van der Waals surface area contributed by atoms with Crippen molar-refractivity contribution in [1.82, 2.24) is 4.90 Å². The zero-order valence-corrected chi connectivity index (χ0v) is 13.5. The monoisotopic (exact) mass is 293 g/mol. The summed E-state index contributed by atoms with van der Waals surface area (Å²) in [5.74, 6) is 6.03. The predicted octanol–water partition coefficient (Wildman–Crippen LogP) is 3.73. The number of rotatable bonds is 4. The number of hydrogen-bond donors (Lipinski definition) is 1. The molecule has 0 bridgehead atoms. The van der Waals surface area contributed by atoms with Gasteiger partial charge in [0.05, 0.1) is 6.54 Å². The number of hydrogen-bond acceptors (Lipinski definition) is 2. The van der Waals surface area contributed by atoms with Crippen LogP contribution in [0.15, 0.2) is 54.6 Å². The average Bonchev–Trinajstić information content (AvgIpc) is 2.55. The molecule has 0 amide bonds. The van der Waals surface area contributed by atoms with E-state index in [0.29, 0.717) is 12.6 Å². The summed E-state index contributed by atoms with van der Waals surface area (Å²) in [7, 11) is 2.03. The van der Waals surface area contributed by atoms with Crippen molar-refractivity contribution in [3.63, 3.8) is 0 Å². The molecule has 1 N–H and O–H groups in total. The molecular formula is C20H23NO. The van der Waals surface area contributed by atoms with Crippen molar-refractivity contribution in [2.24, 2.45) is 0 Å².